The highest BCUT2D eigenvalue weighted by Gasteiger charge is 2.70. The highest BCUT2D eigenvalue weighted by atomic mass is 79.9. The molecular weight excluding hydrogens is 420 g/mol. The Morgan fingerprint density at radius 3 is 2.54 bits per heavy atom. The minimum Gasteiger partial charge on any atom is -0.461 e. The van der Waals surface area contributed by atoms with Crippen LogP contribution in [0, 0.1) is 23.7 Å². The molecule has 0 radical (unpaired) electrons. The number of anilines is 1. The van der Waals surface area contributed by atoms with Gasteiger partial charge in [-0.2, -0.15) is 0 Å². The van der Waals surface area contributed by atoms with Crippen molar-refractivity contribution in [2.75, 3.05) is 18.0 Å². The van der Waals surface area contributed by atoms with E-state index in [9.17, 15) is 9.90 Å². The lowest BCUT2D eigenvalue weighted by molar-refractivity contribution is -0.157. The standard InChI is InChI=1S/C22H31BrN2O3/c1-13(2)28-20(27)19(26)17-14(3)24-11-16(23)18(17)25-7-5-21(4,6-8-25)12-22-9-15(22)10-22/h11,13,15,19,26H,5-10,12H2,1-4H3/t15?,19-,22?/m0/s1. The van der Waals surface area contributed by atoms with E-state index in [2.05, 4.69) is 32.7 Å². The third kappa shape index (κ3) is 3.70. The molecule has 2 aliphatic carbocycles. The van der Waals surface area contributed by atoms with Crippen LogP contribution in [0.15, 0.2) is 10.7 Å². The van der Waals surface area contributed by atoms with E-state index in [0.717, 1.165) is 42.0 Å². The Bertz CT molecular complexity index is 780. The van der Waals surface area contributed by atoms with Gasteiger partial charge in [0.25, 0.3) is 0 Å². The summed E-state index contributed by atoms with van der Waals surface area (Å²) >= 11 is 3.61. The van der Waals surface area contributed by atoms with E-state index in [1.807, 2.05) is 6.92 Å². The first-order valence-corrected chi connectivity index (χ1v) is 11.2. The molecule has 3 aliphatic rings. The van der Waals surface area contributed by atoms with Gasteiger partial charge in [-0.3, -0.25) is 4.98 Å². The lowest BCUT2D eigenvalue weighted by Crippen LogP contribution is -2.40. The summed E-state index contributed by atoms with van der Waals surface area (Å²) in [6.07, 6.45) is 6.72. The first kappa shape index (κ1) is 20.1. The molecule has 0 aromatic carbocycles. The van der Waals surface area contributed by atoms with Gasteiger partial charge in [0, 0.05) is 30.5 Å². The highest BCUT2D eigenvalue weighted by Crippen LogP contribution is 2.79. The first-order chi connectivity index (χ1) is 13.1. The Kier molecular flexibility index (Phi) is 5.02. The molecule has 6 heteroatoms. The normalized spacial score (nSPS) is 28.7. The number of halogens is 1. The van der Waals surface area contributed by atoms with Crippen LogP contribution in [0.2, 0.25) is 0 Å². The van der Waals surface area contributed by atoms with Gasteiger partial charge in [0.1, 0.15) is 0 Å². The second-order valence-corrected chi connectivity index (χ2v) is 10.6. The molecule has 1 saturated heterocycles. The molecule has 2 saturated carbocycles. The molecule has 154 valence electrons. The van der Waals surface area contributed by atoms with Gasteiger partial charge in [-0.1, -0.05) is 6.92 Å². The van der Waals surface area contributed by atoms with Crippen LogP contribution in [0.5, 0.6) is 0 Å². The van der Waals surface area contributed by atoms with Crippen molar-refractivity contribution in [1.82, 2.24) is 4.98 Å². The average Bonchev–Trinajstić information content (AvgIpc) is 3.46. The summed E-state index contributed by atoms with van der Waals surface area (Å²) in [7, 11) is 0. The van der Waals surface area contributed by atoms with Crippen LogP contribution >= 0.6 is 15.9 Å². The van der Waals surface area contributed by atoms with Crippen molar-refractivity contribution in [1.29, 1.82) is 0 Å². The Balaban J connectivity index is 1.54. The molecule has 1 aliphatic heterocycles. The Labute approximate surface area is 176 Å². The van der Waals surface area contributed by atoms with Gasteiger partial charge in [0.2, 0.25) is 0 Å². The lowest BCUT2D eigenvalue weighted by Gasteiger charge is -2.42. The second-order valence-electron chi connectivity index (χ2n) is 9.78. The fraction of sp³-hybridized carbons (Fsp3) is 0.727. The number of esters is 1. The van der Waals surface area contributed by atoms with E-state index in [4.69, 9.17) is 4.74 Å². The quantitative estimate of drug-likeness (QED) is 0.644. The van der Waals surface area contributed by atoms with Crippen molar-refractivity contribution in [2.45, 2.75) is 72.0 Å². The number of aryl methyl sites for hydroxylation is 1. The van der Waals surface area contributed by atoms with Gasteiger partial charge >= 0.3 is 5.97 Å². The summed E-state index contributed by atoms with van der Waals surface area (Å²) in [5.41, 5.74) is 3.24. The second kappa shape index (κ2) is 6.98. The average molecular weight is 451 g/mol. The number of carbonyl (C=O) groups is 1. The predicted molar refractivity (Wildman–Crippen MR) is 112 cm³/mol. The molecule has 5 nitrogen and oxygen atoms in total. The number of aliphatic hydroxyl groups is 1. The number of hydrogen-bond donors (Lipinski definition) is 1. The minimum atomic E-state index is -1.33. The number of aliphatic hydroxyl groups excluding tert-OH is 1. The zero-order chi connectivity index (χ0) is 20.3. The molecule has 1 aromatic heterocycles. The number of fused-ring (bicyclic) bond motifs is 1. The van der Waals surface area contributed by atoms with Crippen molar-refractivity contribution >= 4 is 27.6 Å². The summed E-state index contributed by atoms with van der Waals surface area (Å²) < 4.78 is 6.07. The van der Waals surface area contributed by atoms with Crippen LogP contribution in [0.25, 0.3) is 0 Å². The number of nitrogens with zero attached hydrogens (tertiary/aromatic N) is 2. The molecular formula is C22H31BrN2O3. The van der Waals surface area contributed by atoms with Gasteiger partial charge in [0.05, 0.1) is 16.3 Å². The summed E-state index contributed by atoms with van der Waals surface area (Å²) in [5, 5.41) is 10.8. The van der Waals surface area contributed by atoms with Gasteiger partial charge in [-0.15, -0.1) is 0 Å². The Morgan fingerprint density at radius 2 is 2.00 bits per heavy atom. The summed E-state index contributed by atoms with van der Waals surface area (Å²) in [5.74, 6) is 0.418. The van der Waals surface area contributed by atoms with Crippen LogP contribution in [-0.2, 0) is 9.53 Å². The van der Waals surface area contributed by atoms with Gasteiger partial charge in [-0.25, -0.2) is 4.79 Å². The van der Waals surface area contributed by atoms with Crippen molar-refractivity contribution in [3.63, 3.8) is 0 Å². The van der Waals surface area contributed by atoms with Gasteiger partial charge in [-0.05, 0) is 85.6 Å². The van der Waals surface area contributed by atoms with Crippen molar-refractivity contribution in [2.24, 2.45) is 16.7 Å². The fourth-order valence-corrected chi connectivity index (χ4v) is 5.60. The molecule has 4 rings (SSSR count). The summed E-state index contributed by atoms with van der Waals surface area (Å²) in [6, 6.07) is 0. The number of pyridine rings is 1. The van der Waals surface area contributed by atoms with Crippen LogP contribution in [0.1, 0.15) is 70.2 Å². The van der Waals surface area contributed by atoms with E-state index in [-0.39, 0.29) is 6.10 Å². The van der Waals surface area contributed by atoms with Gasteiger partial charge in [0.15, 0.2) is 6.10 Å². The third-order valence-electron chi connectivity index (χ3n) is 7.01. The Morgan fingerprint density at radius 1 is 1.39 bits per heavy atom. The molecule has 0 spiro atoms. The number of ether oxygens (including phenoxy) is 1. The zero-order valence-electron chi connectivity index (χ0n) is 17.3. The number of piperidine rings is 1. The van der Waals surface area contributed by atoms with Crippen LogP contribution in [-0.4, -0.2) is 35.3 Å². The van der Waals surface area contributed by atoms with Crippen LogP contribution < -0.4 is 4.90 Å². The maximum atomic E-state index is 12.4. The highest BCUT2D eigenvalue weighted by molar-refractivity contribution is 9.10. The summed E-state index contributed by atoms with van der Waals surface area (Å²) in [6.45, 7) is 9.70. The number of carbonyl (C=O) groups excluding carboxylic acids is 1. The van der Waals surface area contributed by atoms with E-state index in [1.165, 1.54) is 19.3 Å². The molecule has 0 unspecified atom stereocenters. The van der Waals surface area contributed by atoms with Crippen molar-refractivity contribution in [3.05, 3.63) is 21.9 Å². The zero-order valence-corrected chi connectivity index (χ0v) is 18.9. The summed E-state index contributed by atoms with van der Waals surface area (Å²) in [4.78, 5) is 19.1. The molecule has 1 N–H and O–H groups in total. The smallest absolute Gasteiger partial charge is 0.340 e. The maximum Gasteiger partial charge on any atom is 0.340 e. The predicted octanol–water partition coefficient (Wildman–Crippen LogP) is 4.54. The number of rotatable bonds is 6. The molecule has 0 amide bonds. The van der Waals surface area contributed by atoms with E-state index >= 15 is 0 Å². The SMILES string of the molecule is Cc1ncc(Br)c(N2CCC(C)(CC34CC3C4)CC2)c1[C@H](O)C(=O)OC(C)C. The topological polar surface area (TPSA) is 62.7 Å². The van der Waals surface area contributed by atoms with E-state index in [0.29, 0.717) is 22.1 Å². The number of hydrogen-bond acceptors (Lipinski definition) is 5. The molecule has 28 heavy (non-hydrogen) atoms. The van der Waals surface area contributed by atoms with E-state index in [1.54, 1.807) is 20.0 Å². The lowest BCUT2D eigenvalue weighted by atomic mass is 9.74. The molecule has 1 atom stereocenters. The largest absolute Gasteiger partial charge is 0.461 e. The fourth-order valence-electron chi connectivity index (χ4n) is 5.04. The van der Waals surface area contributed by atoms with Gasteiger partial charge < -0.3 is 14.7 Å². The van der Waals surface area contributed by atoms with Crippen molar-refractivity contribution in [3.8, 4) is 0 Å². The minimum absolute atomic E-state index is 0.269. The Hall–Kier alpha value is -1.14. The molecule has 1 aromatic rings. The van der Waals surface area contributed by atoms with Crippen molar-refractivity contribution < 1.29 is 14.6 Å². The molecule has 0 bridgehead atoms. The molecule has 2 heterocycles. The molecule has 3 fully saturated rings. The van der Waals surface area contributed by atoms with Crippen LogP contribution in [0.4, 0.5) is 5.69 Å². The maximum absolute atomic E-state index is 12.4. The number of aromatic nitrogens is 1. The monoisotopic (exact) mass is 450 g/mol. The van der Waals surface area contributed by atoms with E-state index < -0.39 is 12.1 Å². The first-order valence-electron chi connectivity index (χ1n) is 10.4. The van der Waals surface area contributed by atoms with Crippen LogP contribution in [0.3, 0.4) is 0 Å². The third-order valence-corrected chi connectivity index (χ3v) is 7.59.